The van der Waals surface area contributed by atoms with Gasteiger partial charge in [0.2, 0.25) is 0 Å². The number of halogens is 2. The van der Waals surface area contributed by atoms with E-state index in [0.717, 1.165) is 11.3 Å². The van der Waals surface area contributed by atoms with Gasteiger partial charge in [0.05, 0.1) is 35.5 Å². The maximum atomic E-state index is 11.8. The molecule has 0 atom stereocenters. The zero-order chi connectivity index (χ0) is 18.4. The molecule has 6 nitrogen and oxygen atoms in total. The van der Waals surface area contributed by atoms with Crippen molar-refractivity contribution in [3.63, 3.8) is 0 Å². The minimum atomic E-state index is -0.359. The molecule has 2 rings (SSSR count). The molecule has 0 bridgehead atoms. The number of nitrogens with zero attached hydrogens (tertiary/aromatic N) is 1. The number of amides is 1. The largest absolute Gasteiger partial charge is 0.504 e. The number of anilines is 1. The van der Waals surface area contributed by atoms with Crippen LogP contribution in [-0.2, 0) is 4.79 Å². The highest BCUT2D eigenvalue weighted by atomic mass is 35.5. The van der Waals surface area contributed by atoms with Crippen molar-refractivity contribution in [3.8, 4) is 11.5 Å². The minimum Gasteiger partial charge on any atom is -0.504 e. The normalized spacial score (nSPS) is 10.7. The van der Waals surface area contributed by atoms with Gasteiger partial charge in [0.25, 0.3) is 5.91 Å². The van der Waals surface area contributed by atoms with E-state index < -0.39 is 0 Å². The van der Waals surface area contributed by atoms with Gasteiger partial charge in [0.15, 0.2) is 11.5 Å². The molecule has 0 aliphatic rings. The molecule has 8 heteroatoms. The number of benzene rings is 2. The molecular formula is C17H17Cl2N3O3. The van der Waals surface area contributed by atoms with Crippen LogP contribution in [0.1, 0.15) is 11.1 Å². The summed E-state index contributed by atoms with van der Waals surface area (Å²) in [6.07, 6.45) is 1.20. The van der Waals surface area contributed by atoms with Gasteiger partial charge in [0.1, 0.15) is 0 Å². The van der Waals surface area contributed by atoms with Crippen LogP contribution < -0.4 is 15.5 Å². The molecule has 0 heterocycles. The maximum Gasteiger partial charge on any atom is 0.259 e. The van der Waals surface area contributed by atoms with E-state index in [1.54, 1.807) is 0 Å². The van der Waals surface area contributed by atoms with Crippen molar-refractivity contribution in [1.82, 2.24) is 5.43 Å². The van der Waals surface area contributed by atoms with Crippen LogP contribution in [0.25, 0.3) is 0 Å². The Hall–Kier alpha value is -2.44. The summed E-state index contributed by atoms with van der Waals surface area (Å²) in [4.78, 5) is 11.8. The molecular weight excluding hydrogens is 365 g/mol. The predicted octanol–water partition coefficient (Wildman–Crippen LogP) is 3.58. The molecule has 3 N–H and O–H groups in total. The summed E-state index contributed by atoms with van der Waals surface area (Å²) in [6.45, 7) is 2.00. The van der Waals surface area contributed by atoms with Crippen molar-refractivity contribution in [2.45, 2.75) is 6.92 Å². The summed E-state index contributed by atoms with van der Waals surface area (Å²) >= 11 is 12.0. The first-order valence-corrected chi connectivity index (χ1v) is 8.05. The number of rotatable bonds is 6. The molecule has 25 heavy (non-hydrogen) atoms. The molecule has 0 saturated carbocycles. The summed E-state index contributed by atoms with van der Waals surface area (Å²) in [7, 11) is 1.39. The van der Waals surface area contributed by atoms with Gasteiger partial charge in [-0.3, -0.25) is 4.79 Å². The van der Waals surface area contributed by atoms with Crippen molar-refractivity contribution >= 4 is 41.0 Å². The van der Waals surface area contributed by atoms with E-state index in [1.165, 1.54) is 19.4 Å². The van der Waals surface area contributed by atoms with Gasteiger partial charge in [0, 0.05) is 11.8 Å². The number of carbonyl (C=O) groups is 1. The molecule has 132 valence electrons. The van der Waals surface area contributed by atoms with Crippen LogP contribution in [0.3, 0.4) is 0 Å². The number of hydrazone groups is 1. The zero-order valence-electron chi connectivity index (χ0n) is 13.6. The number of aryl methyl sites for hydroxylation is 1. The number of nitrogens with one attached hydrogen (secondary N) is 2. The quantitative estimate of drug-likeness (QED) is 0.527. The Balaban J connectivity index is 1.99. The number of hydrogen-bond donors (Lipinski definition) is 3. The molecule has 2 aromatic rings. The van der Waals surface area contributed by atoms with Gasteiger partial charge in [-0.15, -0.1) is 0 Å². The number of phenolic OH excluding ortho intramolecular Hbond substituents is 1. The van der Waals surface area contributed by atoms with Crippen molar-refractivity contribution in [1.29, 1.82) is 0 Å². The molecule has 0 aromatic heterocycles. The predicted molar refractivity (Wildman–Crippen MR) is 100 cm³/mol. The third-order valence-electron chi connectivity index (χ3n) is 3.27. The number of methoxy groups -OCH3 is 1. The van der Waals surface area contributed by atoms with E-state index in [1.807, 2.05) is 31.2 Å². The van der Waals surface area contributed by atoms with Gasteiger partial charge < -0.3 is 15.2 Å². The fourth-order valence-electron chi connectivity index (χ4n) is 2.03. The van der Waals surface area contributed by atoms with E-state index in [4.69, 9.17) is 27.9 Å². The second-order valence-electron chi connectivity index (χ2n) is 5.15. The zero-order valence-corrected chi connectivity index (χ0v) is 15.1. The third kappa shape index (κ3) is 5.01. The van der Waals surface area contributed by atoms with Crippen LogP contribution in [0.2, 0.25) is 10.0 Å². The van der Waals surface area contributed by atoms with Crippen molar-refractivity contribution in [3.05, 3.63) is 51.5 Å². The molecule has 0 unspecified atom stereocenters. The van der Waals surface area contributed by atoms with Crippen LogP contribution in [0.15, 0.2) is 35.4 Å². The average molecular weight is 382 g/mol. The fraction of sp³-hybridized carbons (Fsp3) is 0.176. The Kier molecular flexibility index (Phi) is 6.50. The van der Waals surface area contributed by atoms with Crippen LogP contribution in [0, 0.1) is 6.92 Å². The lowest BCUT2D eigenvalue weighted by Crippen LogP contribution is -2.25. The summed E-state index contributed by atoms with van der Waals surface area (Å²) in [6, 6.07) is 9.03. The maximum absolute atomic E-state index is 11.8. The van der Waals surface area contributed by atoms with Crippen molar-refractivity contribution in [2.75, 3.05) is 19.0 Å². The van der Waals surface area contributed by atoms with Gasteiger partial charge in [-0.25, -0.2) is 5.43 Å². The summed E-state index contributed by atoms with van der Waals surface area (Å²) in [5.41, 5.74) is 4.41. The average Bonchev–Trinajstić information content (AvgIpc) is 2.59. The second kappa shape index (κ2) is 8.60. The first-order chi connectivity index (χ1) is 11.9. The number of hydrogen-bond acceptors (Lipinski definition) is 5. The van der Waals surface area contributed by atoms with E-state index in [9.17, 15) is 9.90 Å². The fourth-order valence-corrected chi connectivity index (χ4v) is 2.43. The van der Waals surface area contributed by atoms with E-state index in [0.29, 0.717) is 0 Å². The minimum absolute atomic E-state index is 0.0410. The lowest BCUT2D eigenvalue weighted by atomic mass is 10.2. The van der Waals surface area contributed by atoms with Crippen molar-refractivity contribution in [2.24, 2.45) is 5.10 Å². The summed E-state index contributed by atoms with van der Waals surface area (Å²) in [5.74, 6) is -0.418. The highest BCUT2D eigenvalue weighted by Crippen LogP contribution is 2.38. The lowest BCUT2D eigenvalue weighted by molar-refractivity contribution is -0.119. The molecule has 0 fully saturated rings. The molecule has 0 saturated heterocycles. The molecule has 1 amide bonds. The van der Waals surface area contributed by atoms with Crippen LogP contribution in [-0.4, -0.2) is 30.9 Å². The number of carbonyl (C=O) groups excluding carboxylic acids is 1. The topological polar surface area (TPSA) is 83.0 Å². The highest BCUT2D eigenvalue weighted by Gasteiger charge is 2.14. The van der Waals surface area contributed by atoms with Gasteiger partial charge in [-0.05, 0) is 24.6 Å². The summed E-state index contributed by atoms with van der Waals surface area (Å²) < 4.78 is 4.99. The molecule has 2 aromatic carbocycles. The molecule has 0 aliphatic carbocycles. The standard InChI is InChI=1S/C17H17Cl2N3O3/c1-10-4-3-5-11(6-10)20-9-15(23)22-21-8-12-16(19)13(18)7-14(25-2)17(12)24/h3-8,20,24H,9H2,1-2H3,(H,22,23)/b21-8+. The molecule has 0 spiro atoms. The Morgan fingerprint density at radius 3 is 2.80 bits per heavy atom. The van der Waals surface area contributed by atoms with E-state index in [2.05, 4.69) is 15.8 Å². The Bertz CT molecular complexity index is 810. The van der Waals surface area contributed by atoms with Gasteiger partial charge in [-0.2, -0.15) is 5.10 Å². The first kappa shape index (κ1) is 18.9. The van der Waals surface area contributed by atoms with Crippen molar-refractivity contribution < 1.29 is 14.6 Å². The number of phenols is 1. The number of ether oxygens (including phenoxy) is 1. The van der Waals surface area contributed by atoms with E-state index in [-0.39, 0.29) is 39.6 Å². The Morgan fingerprint density at radius 1 is 1.36 bits per heavy atom. The second-order valence-corrected chi connectivity index (χ2v) is 5.94. The van der Waals surface area contributed by atoms with Gasteiger partial charge in [-0.1, -0.05) is 35.3 Å². The lowest BCUT2D eigenvalue weighted by Gasteiger charge is -2.09. The van der Waals surface area contributed by atoms with E-state index >= 15 is 0 Å². The van der Waals surface area contributed by atoms with Crippen LogP contribution in [0.4, 0.5) is 5.69 Å². The third-order valence-corrected chi connectivity index (χ3v) is 4.07. The first-order valence-electron chi connectivity index (χ1n) is 7.29. The van der Waals surface area contributed by atoms with Crippen LogP contribution >= 0.6 is 23.2 Å². The number of aromatic hydroxyl groups is 1. The monoisotopic (exact) mass is 381 g/mol. The van der Waals surface area contributed by atoms with Crippen LogP contribution in [0.5, 0.6) is 11.5 Å². The Labute approximate surface area is 155 Å². The molecule has 0 aliphatic heterocycles. The SMILES string of the molecule is COc1cc(Cl)c(Cl)c(/C=N/NC(=O)CNc2cccc(C)c2)c1O. The Morgan fingerprint density at radius 2 is 2.12 bits per heavy atom. The summed E-state index contributed by atoms with van der Waals surface area (Å²) in [5, 5.41) is 17.1. The smallest absolute Gasteiger partial charge is 0.259 e. The van der Waals surface area contributed by atoms with Gasteiger partial charge >= 0.3 is 0 Å². The highest BCUT2D eigenvalue weighted by molar-refractivity contribution is 6.43. The molecule has 0 radical (unpaired) electrons.